The van der Waals surface area contributed by atoms with E-state index in [1.807, 2.05) is 72.0 Å². The van der Waals surface area contributed by atoms with Crippen LogP contribution in [0.1, 0.15) is 80.5 Å². The smallest absolute Gasteiger partial charge is 0.265 e. The number of imide groups is 2. The second kappa shape index (κ2) is 18.6. The van der Waals surface area contributed by atoms with Crippen molar-refractivity contribution < 1.29 is 48.8 Å². The maximum absolute atomic E-state index is 16.6. The maximum atomic E-state index is 16.6. The number of nitrogens with zero attached hydrogens (tertiary/aromatic N) is 4. The molecule has 14 heteroatoms. The van der Waals surface area contributed by atoms with Gasteiger partial charge in [0.1, 0.15) is 35.7 Å². The van der Waals surface area contributed by atoms with E-state index in [0.717, 1.165) is 27.8 Å². The van der Waals surface area contributed by atoms with Crippen molar-refractivity contribution in [1.29, 1.82) is 0 Å². The molecule has 3 saturated heterocycles. The van der Waals surface area contributed by atoms with Crippen molar-refractivity contribution in [2.75, 3.05) is 69.6 Å². The van der Waals surface area contributed by atoms with Crippen LogP contribution < -0.4 is 15.0 Å². The van der Waals surface area contributed by atoms with Crippen LogP contribution in [0.2, 0.25) is 0 Å². The first-order valence-corrected chi connectivity index (χ1v) is 20.6. The Bertz CT molecular complexity index is 2670. The average Bonchev–Trinajstić information content (AvgIpc) is 3.55. The Morgan fingerprint density at radius 2 is 1.51 bits per heavy atom. The topological polar surface area (TPSA) is 123 Å². The van der Waals surface area contributed by atoms with E-state index >= 15 is 8.78 Å². The number of halogens is 3. The number of rotatable bonds is 13. The summed E-state index contributed by atoms with van der Waals surface area (Å²) in [6.07, 6.45) is 0.783. The van der Waals surface area contributed by atoms with Crippen LogP contribution in [0.15, 0.2) is 84.9 Å². The van der Waals surface area contributed by atoms with Crippen LogP contribution in [0.25, 0.3) is 11.1 Å². The zero-order valence-electron chi connectivity index (χ0n) is 40.9. The molecule has 4 heterocycles. The van der Waals surface area contributed by atoms with Gasteiger partial charge in [-0.15, -0.1) is 11.6 Å². The van der Waals surface area contributed by atoms with Gasteiger partial charge in [0.15, 0.2) is 5.82 Å². The van der Waals surface area contributed by atoms with E-state index < -0.39 is 96.6 Å². The monoisotopic (exact) mass is 859 g/mol. The van der Waals surface area contributed by atoms with E-state index in [2.05, 4.69) is 4.90 Å². The molecule has 3 fully saturated rings. The fourth-order valence-electron chi connectivity index (χ4n) is 8.18. The van der Waals surface area contributed by atoms with Crippen LogP contribution in [0.3, 0.4) is 0 Å². The molecule has 0 bridgehead atoms. The minimum atomic E-state index is -3.71. The van der Waals surface area contributed by atoms with Crippen LogP contribution in [0.5, 0.6) is 11.5 Å². The third-order valence-corrected chi connectivity index (χ3v) is 11.5. The highest BCUT2D eigenvalue weighted by atomic mass is 35.5. The van der Waals surface area contributed by atoms with Crippen LogP contribution in [-0.2, 0) is 9.59 Å². The van der Waals surface area contributed by atoms with Crippen molar-refractivity contribution in [3.63, 3.8) is 0 Å². The van der Waals surface area contributed by atoms with Crippen molar-refractivity contribution >= 4 is 52.1 Å². The van der Waals surface area contributed by atoms with Gasteiger partial charge in [-0.1, -0.05) is 54.6 Å². The maximum Gasteiger partial charge on any atom is 0.265 e. The summed E-state index contributed by atoms with van der Waals surface area (Å²) in [4.78, 5) is 53.6. The number of anilines is 1. The molecule has 318 valence electrons. The zero-order valence-corrected chi connectivity index (χ0v) is 33.7. The third kappa shape index (κ3) is 9.05. The van der Waals surface area contributed by atoms with Crippen LogP contribution >= 0.6 is 11.6 Å². The van der Waals surface area contributed by atoms with Gasteiger partial charge in [0, 0.05) is 56.9 Å². The highest BCUT2D eigenvalue weighted by Crippen LogP contribution is 2.38. The lowest BCUT2D eigenvalue weighted by Crippen LogP contribution is -2.54. The van der Waals surface area contributed by atoms with E-state index in [0.29, 0.717) is 73.0 Å². The highest BCUT2D eigenvalue weighted by Gasteiger charge is 2.47. The van der Waals surface area contributed by atoms with Crippen molar-refractivity contribution in [3.8, 4) is 11.5 Å². The molecule has 2 N–H and O–H groups in total. The Morgan fingerprint density at radius 3 is 2.16 bits per heavy atom. The van der Waals surface area contributed by atoms with Crippen LogP contribution in [0, 0.1) is 17.6 Å². The molecule has 0 radical (unpaired) electrons. The molecule has 4 aromatic rings. The SMILES string of the molecule is [2H]C1([2H])N(CC2CCN(CCOc3ccc(C(=C(CCCl)c4ccccc4)c4ccc(O)cc4)cc3)CC2)C([2H])([2H])C([2H])([2H])N(c2c(F)cc3c(c2F)C(=O)N(C2CCC(=O)NC2=O)C3=O)C1([2H])[2H]. The Morgan fingerprint density at radius 1 is 0.836 bits per heavy atom. The van der Waals surface area contributed by atoms with Gasteiger partial charge in [-0.25, -0.2) is 8.78 Å². The Labute approximate surface area is 369 Å². The first-order valence-electron chi connectivity index (χ1n) is 24.0. The predicted octanol–water partition coefficient (Wildman–Crippen LogP) is 6.57. The quantitative estimate of drug-likeness (QED) is 0.0874. The molecular formula is C47H48ClF2N5O6. The number of carbonyl (C=O) groups is 4. The summed E-state index contributed by atoms with van der Waals surface area (Å²) in [5.41, 5.74) is 1.23. The summed E-state index contributed by atoms with van der Waals surface area (Å²) in [6.45, 7) is -13.0. The molecule has 1 atom stereocenters. The molecule has 61 heavy (non-hydrogen) atoms. The number of hydrogen-bond donors (Lipinski definition) is 2. The first kappa shape index (κ1) is 33.1. The second-order valence-electron chi connectivity index (χ2n) is 15.1. The van der Waals surface area contributed by atoms with Gasteiger partial charge in [0.2, 0.25) is 11.8 Å². The summed E-state index contributed by atoms with van der Waals surface area (Å²) < 4.78 is 110. The number of alkyl halides is 1. The molecule has 4 aliphatic heterocycles. The molecule has 11 nitrogen and oxygen atoms in total. The second-order valence-corrected chi connectivity index (χ2v) is 15.5. The Balaban J connectivity index is 0.930. The Kier molecular flexibility index (Phi) is 10.1. The van der Waals surface area contributed by atoms with Crippen molar-refractivity contribution in [2.45, 2.75) is 38.1 Å². The van der Waals surface area contributed by atoms with E-state index in [4.69, 9.17) is 27.3 Å². The number of piperidine rings is 2. The summed E-state index contributed by atoms with van der Waals surface area (Å²) in [7, 11) is 0. The first-order chi connectivity index (χ1) is 32.6. The number of fused-ring (bicyclic) bond motifs is 1. The number of phenols is 1. The number of carbonyl (C=O) groups excluding carboxylic acids is 4. The van der Waals surface area contributed by atoms with E-state index in [-0.39, 0.29) is 23.5 Å². The number of piperazine rings is 1. The van der Waals surface area contributed by atoms with Gasteiger partial charge in [0.25, 0.3) is 11.8 Å². The lowest BCUT2D eigenvalue weighted by Gasteiger charge is -2.39. The molecule has 4 aliphatic rings. The average molecular weight is 860 g/mol. The highest BCUT2D eigenvalue weighted by molar-refractivity contribution is 6.24. The fourth-order valence-corrected chi connectivity index (χ4v) is 8.37. The summed E-state index contributed by atoms with van der Waals surface area (Å²) in [5, 5.41) is 12.0. The number of ether oxygens (including phenoxy) is 1. The van der Waals surface area contributed by atoms with Gasteiger partial charge in [-0.05, 0) is 103 Å². The number of allylic oxidation sites excluding steroid dienone is 1. The lowest BCUT2D eigenvalue weighted by molar-refractivity contribution is -0.136. The molecule has 0 saturated carbocycles. The molecule has 0 spiro atoms. The largest absolute Gasteiger partial charge is 0.508 e. The van der Waals surface area contributed by atoms with Crippen molar-refractivity contribution in [1.82, 2.24) is 20.0 Å². The Hall–Kier alpha value is -5.63. The fraction of sp³-hybridized carbons (Fsp3) is 0.362. The van der Waals surface area contributed by atoms with Gasteiger partial charge >= 0.3 is 0 Å². The number of amides is 4. The molecule has 4 amide bonds. The standard InChI is InChI=1S/C47H48ClF2N5O6/c48-19-16-36(31-4-2-1-3-5-31)41(32-6-10-34(56)11-7-32)33-8-12-35(13-9-33)61-27-26-52-20-17-30(18-21-52)29-53-22-24-54(25-23-53)44-38(49)28-37-42(43(44)50)47(60)55(46(37)59)39-14-15-40(57)51-45(39)58/h1-13,28,30,39,56H,14-27,29H2,(H,51,57,58)/i22D2,23D2,24D2,25D2. The van der Waals surface area contributed by atoms with E-state index in [9.17, 15) is 24.3 Å². The molecule has 8 rings (SSSR count). The lowest BCUT2D eigenvalue weighted by atomic mass is 9.88. The van der Waals surface area contributed by atoms with Gasteiger partial charge in [0.05, 0.1) is 16.6 Å². The number of nitrogens with one attached hydrogen (secondary N) is 1. The predicted molar refractivity (Wildman–Crippen MR) is 229 cm³/mol. The summed E-state index contributed by atoms with van der Waals surface area (Å²) >= 11 is 6.30. The van der Waals surface area contributed by atoms with E-state index in [1.165, 1.54) is 0 Å². The van der Waals surface area contributed by atoms with Gasteiger partial charge < -0.3 is 14.7 Å². The number of benzene rings is 4. The van der Waals surface area contributed by atoms with Crippen molar-refractivity contribution in [2.24, 2.45) is 5.92 Å². The summed E-state index contributed by atoms with van der Waals surface area (Å²) in [5.74, 6) is -7.50. The van der Waals surface area contributed by atoms with Crippen molar-refractivity contribution in [3.05, 3.63) is 124 Å². The third-order valence-electron chi connectivity index (χ3n) is 11.3. The molecule has 4 aromatic carbocycles. The molecule has 0 aromatic heterocycles. The van der Waals surface area contributed by atoms with Crippen LogP contribution in [-0.4, -0.2) is 114 Å². The molecule has 0 aliphatic carbocycles. The number of aromatic hydroxyl groups is 1. The number of phenolic OH excluding ortho intramolecular Hbond substituents is 1. The molecule has 1 unspecified atom stereocenters. The normalized spacial score (nSPS) is 24.8. The van der Waals surface area contributed by atoms with Crippen LogP contribution in [0.4, 0.5) is 14.5 Å². The van der Waals surface area contributed by atoms with Gasteiger partial charge in [-0.2, -0.15) is 0 Å². The summed E-state index contributed by atoms with van der Waals surface area (Å²) in [6, 6.07) is 23.4. The number of hydrogen-bond acceptors (Lipinski definition) is 9. The van der Waals surface area contributed by atoms with E-state index in [1.54, 1.807) is 12.1 Å². The van der Waals surface area contributed by atoms with Gasteiger partial charge in [-0.3, -0.25) is 39.2 Å². The molecular weight excluding hydrogens is 804 g/mol. The zero-order chi connectivity index (χ0) is 49.8. The minimum absolute atomic E-state index is 0.148. The number of likely N-dealkylation sites (tertiary alicyclic amines) is 1. The minimum Gasteiger partial charge on any atom is -0.508 e.